The first-order valence-electron chi connectivity index (χ1n) is 5.94. The van der Waals surface area contributed by atoms with Crippen LogP contribution in [0, 0.1) is 0 Å². The van der Waals surface area contributed by atoms with Crippen LogP contribution in [0.25, 0.3) is 0 Å². The fourth-order valence-corrected chi connectivity index (χ4v) is 2.49. The summed E-state index contributed by atoms with van der Waals surface area (Å²) in [4.78, 5) is 0. The third-order valence-electron chi connectivity index (χ3n) is 2.87. The lowest BCUT2D eigenvalue weighted by atomic mass is 9.99. The van der Waals surface area contributed by atoms with Gasteiger partial charge in [-0.3, -0.25) is 0 Å². The average molecular weight is 308 g/mol. The minimum atomic E-state index is -0.546. The highest BCUT2D eigenvalue weighted by atomic mass is 32.1. The van der Waals surface area contributed by atoms with Gasteiger partial charge in [0.2, 0.25) is 0 Å². The molecule has 5 unspecified atom stereocenters. The summed E-state index contributed by atoms with van der Waals surface area (Å²) in [6.07, 6.45) is 1.86. The molecule has 1 aliphatic heterocycles. The van der Waals surface area contributed by atoms with E-state index in [1.807, 2.05) is 0 Å². The molecule has 2 N–H and O–H groups in total. The van der Waals surface area contributed by atoms with Gasteiger partial charge in [0.25, 0.3) is 0 Å². The third kappa shape index (κ3) is 4.20. The van der Waals surface area contributed by atoms with E-state index in [2.05, 4.69) is 12.6 Å². The van der Waals surface area contributed by atoms with E-state index in [9.17, 15) is 0 Å². The molecule has 5 atom stereocenters. The molecule has 0 bridgehead atoms. The Bertz CT molecular complexity index is 323. The fourth-order valence-electron chi connectivity index (χ4n) is 2.04. The number of methoxy groups -OCH3 is 2. The Hall–Kier alpha value is -1.09. The Morgan fingerprint density at radius 3 is 2.25 bits per heavy atom. The number of hydrogen-bond donors (Lipinski definition) is 3. The van der Waals surface area contributed by atoms with Crippen LogP contribution in [-0.4, -0.2) is 60.9 Å². The van der Waals surface area contributed by atoms with Crippen molar-refractivity contribution in [2.75, 3.05) is 20.8 Å². The first-order chi connectivity index (χ1) is 9.69. The van der Waals surface area contributed by atoms with Crippen LogP contribution in [-0.2, 0) is 23.7 Å². The Morgan fingerprint density at radius 2 is 1.70 bits per heavy atom. The fraction of sp³-hybridized carbons (Fsp3) is 0.667. The van der Waals surface area contributed by atoms with E-state index in [-0.39, 0.29) is 6.61 Å². The van der Waals surface area contributed by atoms with Crippen LogP contribution < -0.4 is 0 Å². The smallest absolute Gasteiger partial charge is 0.156 e. The molecule has 0 aromatic heterocycles. The summed E-state index contributed by atoms with van der Waals surface area (Å²) >= 11 is 4.31. The Kier molecular flexibility index (Phi) is 7.60. The minimum Gasteiger partial charge on any atom is -0.512 e. The summed E-state index contributed by atoms with van der Waals surface area (Å²) in [7, 11) is 3.02. The number of ether oxygens (including phenoxy) is 5. The van der Waals surface area contributed by atoms with E-state index >= 15 is 0 Å². The molecular formula is C12H20O7S. The van der Waals surface area contributed by atoms with Gasteiger partial charge in [0.1, 0.15) is 55.4 Å². The van der Waals surface area contributed by atoms with Crippen LogP contribution in [0.4, 0.5) is 0 Å². The average Bonchev–Trinajstić information content (AvgIpc) is 2.45. The van der Waals surface area contributed by atoms with E-state index in [1.165, 1.54) is 14.2 Å². The molecule has 1 fully saturated rings. The van der Waals surface area contributed by atoms with Gasteiger partial charge in [0, 0.05) is 14.2 Å². The van der Waals surface area contributed by atoms with Crippen LogP contribution in [0.5, 0.6) is 0 Å². The standard InChI is InChI=1S/C12H20O7S/c1-15-9-8(7-17-5-3-13)19-12(20)11(16-2)10(9)18-6-4-14/h3-6,8-14,20H,7H2,1-2H3. The van der Waals surface area contributed by atoms with E-state index in [0.717, 1.165) is 25.0 Å². The lowest BCUT2D eigenvalue weighted by molar-refractivity contribution is -0.222. The van der Waals surface area contributed by atoms with Gasteiger partial charge in [-0.05, 0) is 0 Å². The van der Waals surface area contributed by atoms with Crippen molar-refractivity contribution in [2.45, 2.75) is 29.9 Å². The first-order valence-corrected chi connectivity index (χ1v) is 6.45. The topological polar surface area (TPSA) is 86.6 Å². The molecule has 0 radical (unpaired) electrons. The van der Waals surface area contributed by atoms with Gasteiger partial charge in [-0.2, -0.15) is 0 Å². The van der Waals surface area contributed by atoms with Crippen LogP contribution >= 0.6 is 12.6 Å². The molecule has 8 heteroatoms. The monoisotopic (exact) mass is 308 g/mol. The highest BCUT2D eigenvalue weighted by molar-refractivity contribution is 7.80. The maximum Gasteiger partial charge on any atom is 0.156 e. The summed E-state index contributed by atoms with van der Waals surface area (Å²) in [5, 5.41) is 17.3. The van der Waals surface area contributed by atoms with Gasteiger partial charge in [-0.25, -0.2) is 0 Å². The number of rotatable bonds is 7. The molecular weight excluding hydrogens is 288 g/mol. The number of aliphatic hydroxyl groups excluding tert-OH is 2. The molecule has 116 valence electrons. The van der Waals surface area contributed by atoms with Crippen molar-refractivity contribution in [3.8, 4) is 0 Å². The lowest BCUT2D eigenvalue weighted by Gasteiger charge is -2.43. The van der Waals surface area contributed by atoms with E-state index in [4.69, 9.17) is 33.9 Å². The van der Waals surface area contributed by atoms with E-state index in [1.54, 1.807) is 0 Å². The molecule has 1 heterocycles. The molecule has 0 spiro atoms. The zero-order chi connectivity index (χ0) is 15.0. The quantitative estimate of drug-likeness (QED) is 0.480. The van der Waals surface area contributed by atoms with Crippen LogP contribution in [0.3, 0.4) is 0 Å². The molecule has 1 rings (SSSR count). The highest BCUT2D eigenvalue weighted by Crippen LogP contribution is 2.29. The molecule has 0 aromatic rings. The zero-order valence-electron chi connectivity index (χ0n) is 11.3. The maximum atomic E-state index is 8.72. The molecule has 0 aliphatic carbocycles. The molecule has 1 aliphatic rings. The van der Waals surface area contributed by atoms with Gasteiger partial charge in [-0.15, -0.1) is 12.6 Å². The summed E-state index contributed by atoms with van der Waals surface area (Å²) in [6, 6.07) is 0. The molecule has 20 heavy (non-hydrogen) atoms. The van der Waals surface area contributed by atoms with Gasteiger partial charge < -0.3 is 33.9 Å². The van der Waals surface area contributed by atoms with Crippen LogP contribution in [0.1, 0.15) is 0 Å². The predicted molar refractivity (Wildman–Crippen MR) is 73.6 cm³/mol. The van der Waals surface area contributed by atoms with E-state index < -0.39 is 29.9 Å². The Labute approximate surface area is 123 Å². The second kappa shape index (κ2) is 8.96. The molecule has 0 aromatic carbocycles. The minimum absolute atomic E-state index is 0.145. The third-order valence-corrected chi connectivity index (χ3v) is 3.28. The van der Waals surface area contributed by atoms with Gasteiger partial charge in [-0.1, -0.05) is 0 Å². The summed E-state index contributed by atoms with van der Waals surface area (Å²) in [5.41, 5.74) is -0.546. The van der Waals surface area contributed by atoms with Gasteiger partial charge in [0.15, 0.2) is 6.10 Å². The van der Waals surface area contributed by atoms with Crippen molar-refractivity contribution in [1.82, 2.24) is 0 Å². The molecule has 7 nitrogen and oxygen atoms in total. The second-order valence-corrected chi connectivity index (χ2v) is 4.48. The normalized spacial score (nSPS) is 34.6. The SMILES string of the molecule is COC1C(S)OC(COC=CO)C(OC)C1OC=CO. The Morgan fingerprint density at radius 1 is 1.05 bits per heavy atom. The van der Waals surface area contributed by atoms with Crippen molar-refractivity contribution in [1.29, 1.82) is 0 Å². The second-order valence-electron chi connectivity index (χ2n) is 3.97. The zero-order valence-corrected chi connectivity index (χ0v) is 12.2. The predicted octanol–water partition coefficient (Wildman–Crippen LogP) is 1.13. The Balaban J connectivity index is 2.81. The van der Waals surface area contributed by atoms with Crippen molar-refractivity contribution < 1.29 is 33.9 Å². The number of aliphatic hydroxyl groups is 2. The summed E-state index contributed by atoms with van der Waals surface area (Å²) < 4.78 is 26.8. The largest absolute Gasteiger partial charge is 0.512 e. The molecule has 0 saturated carbocycles. The van der Waals surface area contributed by atoms with E-state index in [0.29, 0.717) is 0 Å². The number of thiol groups is 1. The molecule has 1 saturated heterocycles. The van der Waals surface area contributed by atoms with Gasteiger partial charge >= 0.3 is 0 Å². The van der Waals surface area contributed by atoms with Crippen LogP contribution in [0.2, 0.25) is 0 Å². The molecule has 0 amide bonds. The highest BCUT2D eigenvalue weighted by Gasteiger charge is 2.46. The summed E-state index contributed by atoms with van der Waals surface area (Å²) in [5.74, 6) is 0. The summed E-state index contributed by atoms with van der Waals surface area (Å²) in [6.45, 7) is 0.145. The van der Waals surface area contributed by atoms with Crippen molar-refractivity contribution in [3.05, 3.63) is 25.0 Å². The maximum absolute atomic E-state index is 8.72. The van der Waals surface area contributed by atoms with Crippen molar-refractivity contribution in [3.63, 3.8) is 0 Å². The van der Waals surface area contributed by atoms with Crippen molar-refractivity contribution in [2.24, 2.45) is 0 Å². The van der Waals surface area contributed by atoms with Gasteiger partial charge in [0.05, 0.1) is 0 Å². The van der Waals surface area contributed by atoms with Crippen LogP contribution in [0.15, 0.2) is 25.0 Å². The number of hydrogen-bond acceptors (Lipinski definition) is 8. The van der Waals surface area contributed by atoms with Crippen molar-refractivity contribution >= 4 is 12.6 Å². The first kappa shape index (κ1) is 17.0. The lowest BCUT2D eigenvalue weighted by Crippen LogP contribution is -2.59.